The zero-order valence-electron chi connectivity index (χ0n) is 11.1. The maximum Gasteiger partial charge on any atom is 0.132 e. The molecule has 100 valence electrons. The maximum atomic E-state index is 8.74. The van der Waals surface area contributed by atoms with Gasteiger partial charge in [0.15, 0.2) is 0 Å². The summed E-state index contributed by atoms with van der Waals surface area (Å²) in [6.45, 7) is 6.36. The molecule has 1 aliphatic rings. The average molecular weight is 251 g/mol. The largest absolute Gasteiger partial charge is 0.394 e. The first-order valence-corrected chi connectivity index (χ1v) is 6.48. The standard InChI is InChI=1S/C13H21N3O2/c1-10-9-13(15-11(2)14-10)16-5-3-12(4-6-16)18-8-7-17/h9,12,17H,3-8H2,1-2H3. The van der Waals surface area contributed by atoms with Crippen molar-refractivity contribution in [2.45, 2.75) is 32.8 Å². The number of piperidine rings is 1. The summed E-state index contributed by atoms with van der Waals surface area (Å²) in [4.78, 5) is 11.1. The van der Waals surface area contributed by atoms with Gasteiger partial charge in [-0.1, -0.05) is 0 Å². The average Bonchev–Trinajstić information content (AvgIpc) is 2.36. The number of ether oxygens (including phenoxy) is 1. The minimum absolute atomic E-state index is 0.102. The number of aromatic nitrogens is 2. The number of hydrogen-bond donors (Lipinski definition) is 1. The van der Waals surface area contributed by atoms with Crippen LogP contribution in [0, 0.1) is 13.8 Å². The van der Waals surface area contributed by atoms with E-state index in [2.05, 4.69) is 14.9 Å². The molecule has 2 rings (SSSR count). The van der Waals surface area contributed by atoms with Gasteiger partial charge in [0.1, 0.15) is 11.6 Å². The van der Waals surface area contributed by atoms with Gasteiger partial charge in [0.2, 0.25) is 0 Å². The van der Waals surface area contributed by atoms with Gasteiger partial charge in [0.25, 0.3) is 0 Å². The number of aryl methyl sites for hydroxylation is 2. The fraction of sp³-hybridized carbons (Fsp3) is 0.692. The third-order valence-corrected chi connectivity index (χ3v) is 3.16. The molecule has 0 radical (unpaired) electrons. The topological polar surface area (TPSA) is 58.5 Å². The summed E-state index contributed by atoms with van der Waals surface area (Å²) < 4.78 is 5.55. The van der Waals surface area contributed by atoms with E-state index in [0.717, 1.165) is 43.3 Å². The van der Waals surface area contributed by atoms with E-state index in [9.17, 15) is 0 Å². The molecule has 0 bridgehead atoms. The van der Waals surface area contributed by atoms with Crippen LogP contribution < -0.4 is 4.90 Å². The minimum Gasteiger partial charge on any atom is -0.394 e. The Kier molecular flexibility index (Phi) is 4.49. The lowest BCUT2D eigenvalue weighted by Crippen LogP contribution is -2.38. The zero-order valence-corrected chi connectivity index (χ0v) is 11.1. The highest BCUT2D eigenvalue weighted by molar-refractivity contribution is 5.40. The van der Waals surface area contributed by atoms with Crippen LogP contribution in [0.5, 0.6) is 0 Å². The van der Waals surface area contributed by atoms with Crippen molar-refractivity contribution in [3.63, 3.8) is 0 Å². The van der Waals surface area contributed by atoms with Crippen LogP contribution in [0.15, 0.2) is 6.07 Å². The van der Waals surface area contributed by atoms with Crippen molar-refractivity contribution in [2.75, 3.05) is 31.2 Å². The zero-order chi connectivity index (χ0) is 13.0. The highest BCUT2D eigenvalue weighted by Crippen LogP contribution is 2.20. The second-order valence-corrected chi connectivity index (χ2v) is 4.70. The van der Waals surface area contributed by atoms with Gasteiger partial charge in [-0.05, 0) is 26.7 Å². The van der Waals surface area contributed by atoms with Gasteiger partial charge in [0, 0.05) is 24.8 Å². The molecule has 1 N–H and O–H groups in total. The van der Waals surface area contributed by atoms with Gasteiger partial charge in [-0.2, -0.15) is 0 Å². The monoisotopic (exact) mass is 251 g/mol. The van der Waals surface area contributed by atoms with E-state index in [-0.39, 0.29) is 12.7 Å². The Morgan fingerprint density at radius 3 is 2.67 bits per heavy atom. The van der Waals surface area contributed by atoms with Crippen LogP contribution in [-0.2, 0) is 4.74 Å². The summed E-state index contributed by atoms with van der Waals surface area (Å²) in [6, 6.07) is 2.03. The molecule has 0 atom stereocenters. The second kappa shape index (κ2) is 6.11. The molecule has 0 unspecified atom stereocenters. The van der Waals surface area contributed by atoms with E-state index >= 15 is 0 Å². The van der Waals surface area contributed by atoms with E-state index in [0.29, 0.717) is 6.61 Å². The van der Waals surface area contributed by atoms with Crippen LogP contribution in [0.1, 0.15) is 24.4 Å². The molecule has 1 aromatic heterocycles. The molecule has 0 saturated carbocycles. The lowest BCUT2D eigenvalue weighted by atomic mass is 10.1. The van der Waals surface area contributed by atoms with Crippen molar-refractivity contribution < 1.29 is 9.84 Å². The number of aliphatic hydroxyl groups is 1. The Morgan fingerprint density at radius 1 is 1.33 bits per heavy atom. The Labute approximate surface area is 108 Å². The van der Waals surface area contributed by atoms with Gasteiger partial charge >= 0.3 is 0 Å². The van der Waals surface area contributed by atoms with Crippen LogP contribution in [0.3, 0.4) is 0 Å². The third-order valence-electron chi connectivity index (χ3n) is 3.16. The number of anilines is 1. The molecule has 5 heteroatoms. The molecule has 0 spiro atoms. The van der Waals surface area contributed by atoms with Crippen molar-refractivity contribution in [2.24, 2.45) is 0 Å². The summed E-state index contributed by atoms with van der Waals surface area (Å²) in [5.41, 5.74) is 1.01. The molecular weight excluding hydrogens is 230 g/mol. The number of rotatable bonds is 4. The van der Waals surface area contributed by atoms with Crippen LogP contribution in [-0.4, -0.2) is 47.5 Å². The highest BCUT2D eigenvalue weighted by atomic mass is 16.5. The first-order chi connectivity index (χ1) is 8.69. The third kappa shape index (κ3) is 3.40. The molecule has 1 aromatic rings. The lowest BCUT2D eigenvalue weighted by molar-refractivity contribution is 0.0158. The van der Waals surface area contributed by atoms with E-state index in [1.165, 1.54) is 0 Å². The summed E-state index contributed by atoms with van der Waals surface area (Å²) in [5, 5.41) is 8.74. The number of aliphatic hydroxyl groups excluding tert-OH is 1. The van der Waals surface area contributed by atoms with Crippen LogP contribution in [0.25, 0.3) is 0 Å². The van der Waals surface area contributed by atoms with Crippen molar-refractivity contribution in [1.82, 2.24) is 9.97 Å². The van der Waals surface area contributed by atoms with E-state index in [1.54, 1.807) is 0 Å². The Balaban J connectivity index is 1.92. The molecule has 0 aromatic carbocycles. The lowest BCUT2D eigenvalue weighted by Gasteiger charge is -2.32. The van der Waals surface area contributed by atoms with Crippen molar-refractivity contribution >= 4 is 5.82 Å². The van der Waals surface area contributed by atoms with E-state index in [4.69, 9.17) is 9.84 Å². The summed E-state index contributed by atoms with van der Waals surface area (Å²) in [6.07, 6.45) is 2.25. The summed E-state index contributed by atoms with van der Waals surface area (Å²) in [7, 11) is 0. The first kappa shape index (κ1) is 13.2. The Bertz CT molecular complexity index is 370. The van der Waals surface area contributed by atoms with Gasteiger partial charge < -0.3 is 14.7 Å². The predicted molar refractivity (Wildman–Crippen MR) is 69.8 cm³/mol. The fourth-order valence-corrected chi connectivity index (χ4v) is 2.33. The normalized spacial score (nSPS) is 17.2. The van der Waals surface area contributed by atoms with Crippen molar-refractivity contribution in [1.29, 1.82) is 0 Å². The Morgan fingerprint density at radius 2 is 2.06 bits per heavy atom. The highest BCUT2D eigenvalue weighted by Gasteiger charge is 2.20. The molecule has 5 nitrogen and oxygen atoms in total. The number of hydrogen-bond acceptors (Lipinski definition) is 5. The van der Waals surface area contributed by atoms with Crippen molar-refractivity contribution in [3.05, 3.63) is 17.6 Å². The molecule has 0 aliphatic carbocycles. The van der Waals surface area contributed by atoms with Gasteiger partial charge in [0.05, 0.1) is 19.3 Å². The predicted octanol–water partition coefficient (Wildman–Crippen LogP) is 1.07. The second-order valence-electron chi connectivity index (χ2n) is 4.70. The molecule has 1 fully saturated rings. The molecule has 18 heavy (non-hydrogen) atoms. The fourth-order valence-electron chi connectivity index (χ4n) is 2.33. The molecule has 0 amide bonds. The van der Waals surface area contributed by atoms with Crippen LogP contribution in [0.4, 0.5) is 5.82 Å². The summed E-state index contributed by atoms with van der Waals surface area (Å²) >= 11 is 0. The quantitative estimate of drug-likeness (QED) is 0.867. The molecule has 1 saturated heterocycles. The molecule has 1 aliphatic heterocycles. The first-order valence-electron chi connectivity index (χ1n) is 6.48. The summed E-state index contributed by atoms with van der Waals surface area (Å²) in [5.74, 6) is 1.84. The van der Waals surface area contributed by atoms with Crippen LogP contribution in [0.2, 0.25) is 0 Å². The van der Waals surface area contributed by atoms with Crippen LogP contribution >= 0.6 is 0 Å². The Hall–Kier alpha value is -1.20. The van der Waals surface area contributed by atoms with Crippen molar-refractivity contribution in [3.8, 4) is 0 Å². The SMILES string of the molecule is Cc1cc(N2CCC(OCCO)CC2)nc(C)n1. The van der Waals surface area contributed by atoms with Gasteiger partial charge in [-0.25, -0.2) is 9.97 Å². The molecule has 2 heterocycles. The van der Waals surface area contributed by atoms with E-state index in [1.807, 2.05) is 19.9 Å². The molecular formula is C13H21N3O2. The van der Waals surface area contributed by atoms with E-state index < -0.39 is 0 Å². The van der Waals surface area contributed by atoms with Gasteiger partial charge in [-0.3, -0.25) is 0 Å². The number of nitrogens with zero attached hydrogens (tertiary/aromatic N) is 3. The minimum atomic E-state index is 0.102. The maximum absolute atomic E-state index is 8.74. The van der Waals surface area contributed by atoms with Gasteiger partial charge in [-0.15, -0.1) is 0 Å². The smallest absolute Gasteiger partial charge is 0.132 e.